The van der Waals surface area contributed by atoms with Crippen molar-refractivity contribution in [1.82, 2.24) is 4.72 Å². The summed E-state index contributed by atoms with van der Waals surface area (Å²) in [7, 11) is -3.45. The monoisotopic (exact) mass is 353 g/mol. The fourth-order valence-electron chi connectivity index (χ4n) is 2.21. The van der Waals surface area contributed by atoms with Crippen LogP contribution < -0.4 is 4.72 Å². The Balaban J connectivity index is 1.90. The molecule has 0 aliphatic heterocycles. The van der Waals surface area contributed by atoms with Crippen LogP contribution in [0.3, 0.4) is 0 Å². The summed E-state index contributed by atoms with van der Waals surface area (Å²) in [5, 5.41) is 0. The van der Waals surface area contributed by atoms with Crippen molar-refractivity contribution >= 4 is 10.0 Å². The van der Waals surface area contributed by atoms with E-state index in [1.807, 2.05) is 51.1 Å². The predicted molar refractivity (Wildman–Crippen MR) is 103 cm³/mol. The van der Waals surface area contributed by atoms with E-state index in [1.165, 1.54) is 0 Å². The van der Waals surface area contributed by atoms with E-state index in [-0.39, 0.29) is 4.90 Å². The summed E-state index contributed by atoms with van der Waals surface area (Å²) < 4.78 is 27.0. The third-order valence-corrected chi connectivity index (χ3v) is 5.23. The van der Waals surface area contributed by atoms with Gasteiger partial charge in [-0.1, -0.05) is 53.8 Å². The van der Waals surface area contributed by atoms with E-state index in [0.29, 0.717) is 13.0 Å². The molecule has 0 atom stereocenters. The first-order valence-electron chi connectivity index (χ1n) is 8.19. The summed E-state index contributed by atoms with van der Waals surface area (Å²) in [6.45, 7) is 6.23. The molecule has 0 saturated heterocycles. The maximum atomic E-state index is 12.2. The zero-order chi connectivity index (χ0) is 18.3. The van der Waals surface area contributed by atoms with Crippen LogP contribution in [0.5, 0.6) is 0 Å². The Morgan fingerprint density at radius 3 is 2.44 bits per heavy atom. The van der Waals surface area contributed by atoms with Crippen molar-refractivity contribution in [3.8, 4) is 11.8 Å². The van der Waals surface area contributed by atoms with Crippen molar-refractivity contribution in [3.63, 3.8) is 0 Å². The molecule has 0 aliphatic carbocycles. The smallest absolute Gasteiger partial charge is 0.211 e. The van der Waals surface area contributed by atoms with Gasteiger partial charge in [-0.05, 0) is 56.5 Å². The van der Waals surface area contributed by atoms with Crippen LogP contribution in [0, 0.1) is 25.7 Å². The van der Waals surface area contributed by atoms with E-state index < -0.39 is 10.0 Å². The van der Waals surface area contributed by atoms with Gasteiger partial charge in [0.15, 0.2) is 0 Å². The standard InChI is InChI=1S/C21H23NO2S/c1-17(10-13-20-9-5-4-8-19(20)3)7-6-16-22-25(23,24)21-14-11-18(2)12-15-21/h4-5,7-9,11-12,14-15,22H,6,16H2,1-3H3/b17-7-. The van der Waals surface area contributed by atoms with E-state index in [9.17, 15) is 8.42 Å². The van der Waals surface area contributed by atoms with Gasteiger partial charge in [0, 0.05) is 12.1 Å². The number of rotatable bonds is 5. The minimum atomic E-state index is -3.45. The van der Waals surface area contributed by atoms with Gasteiger partial charge in [0.1, 0.15) is 0 Å². The van der Waals surface area contributed by atoms with Gasteiger partial charge < -0.3 is 0 Å². The van der Waals surface area contributed by atoms with Crippen LogP contribution in [0.1, 0.15) is 30.0 Å². The predicted octanol–water partition coefficient (Wildman–Crippen LogP) is 3.97. The minimum Gasteiger partial charge on any atom is -0.211 e. The van der Waals surface area contributed by atoms with Gasteiger partial charge in [0.25, 0.3) is 0 Å². The zero-order valence-electron chi connectivity index (χ0n) is 14.8. The second-order valence-corrected chi connectivity index (χ2v) is 7.72. The largest absolute Gasteiger partial charge is 0.240 e. The van der Waals surface area contributed by atoms with Crippen molar-refractivity contribution < 1.29 is 8.42 Å². The molecule has 0 heterocycles. The van der Waals surface area contributed by atoms with E-state index >= 15 is 0 Å². The summed E-state index contributed by atoms with van der Waals surface area (Å²) in [6, 6.07) is 14.8. The molecule has 3 nitrogen and oxygen atoms in total. The molecule has 0 aliphatic rings. The Morgan fingerprint density at radius 2 is 1.76 bits per heavy atom. The first kappa shape index (κ1) is 19.0. The maximum absolute atomic E-state index is 12.2. The van der Waals surface area contributed by atoms with Crippen molar-refractivity contribution in [1.29, 1.82) is 0 Å². The third kappa shape index (κ3) is 5.90. The van der Waals surface area contributed by atoms with Crippen LogP contribution in [0.2, 0.25) is 0 Å². The highest BCUT2D eigenvalue weighted by Gasteiger charge is 2.11. The second kappa shape index (κ2) is 8.66. The first-order valence-corrected chi connectivity index (χ1v) is 9.67. The molecule has 1 N–H and O–H groups in total. The average molecular weight is 353 g/mol. The number of hydrogen-bond acceptors (Lipinski definition) is 2. The molecular formula is C21H23NO2S. The Hall–Kier alpha value is -2.35. The molecule has 0 spiro atoms. The number of aryl methyl sites for hydroxylation is 2. The van der Waals surface area contributed by atoms with Gasteiger partial charge in [0.2, 0.25) is 10.0 Å². The second-order valence-electron chi connectivity index (χ2n) is 5.95. The minimum absolute atomic E-state index is 0.290. The number of hydrogen-bond donors (Lipinski definition) is 1. The van der Waals surface area contributed by atoms with E-state index in [2.05, 4.69) is 16.6 Å². The lowest BCUT2D eigenvalue weighted by Gasteiger charge is -2.05. The van der Waals surface area contributed by atoms with Crippen molar-refractivity contribution in [3.05, 3.63) is 76.9 Å². The Morgan fingerprint density at radius 1 is 1.08 bits per heavy atom. The van der Waals surface area contributed by atoms with Crippen LogP contribution in [0.4, 0.5) is 0 Å². The van der Waals surface area contributed by atoms with Crippen molar-refractivity contribution in [2.75, 3.05) is 6.54 Å². The summed E-state index contributed by atoms with van der Waals surface area (Å²) in [4.78, 5) is 0.290. The maximum Gasteiger partial charge on any atom is 0.240 e. The van der Waals surface area contributed by atoms with Crippen molar-refractivity contribution in [2.45, 2.75) is 32.1 Å². The fraction of sp³-hybridized carbons (Fsp3) is 0.238. The molecule has 0 aromatic heterocycles. The topological polar surface area (TPSA) is 46.2 Å². The van der Waals surface area contributed by atoms with Gasteiger partial charge in [-0.2, -0.15) is 0 Å². The van der Waals surface area contributed by atoms with Crippen LogP contribution in [-0.2, 0) is 10.0 Å². The molecule has 2 aromatic rings. The molecule has 2 aromatic carbocycles. The lowest BCUT2D eigenvalue weighted by atomic mass is 10.1. The van der Waals surface area contributed by atoms with Crippen LogP contribution >= 0.6 is 0 Å². The molecule has 0 bridgehead atoms. The Labute approximate surface area is 150 Å². The van der Waals surface area contributed by atoms with E-state index in [1.54, 1.807) is 24.3 Å². The zero-order valence-corrected chi connectivity index (χ0v) is 15.7. The molecule has 2 rings (SSSR count). The Bertz CT molecular complexity index is 914. The molecule has 25 heavy (non-hydrogen) atoms. The van der Waals surface area contributed by atoms with Gasteiger partial charge >= 0.3 is 0 Å². The molecular weight excluding hydrogens is 330 g/mol. The first-order chi connectivity index (χ1) is 11.9. The highest BCUT2D eigenvalue weighted by Crippen LogP contribution is 2.10. The fourth-order valence-corrected chi connectivity index (χ4v) is 3.26. The number of nitrogens with one attached hydrogen (secondary N) is 1. The van der Waals surface area contributed by atoms with Gasteiger partial charge in [-0.25, -0.2) is 13.1 Å². The number of benzene rings is 2. The van der Waals surface area contributed by atoms with E-state index in [4.69, 9.17) is 0 Å². The van der Waals surface area contributed by atoms with Crippen LogP contribution in [-0.4, -0.2) is 15.0 Å². The molecule has 0 amide bonds. The lowest BCUT2D eigenvalue weighted by Crippen LogP contribution is -2.24. The van der Waals surface area contributed by atoms with Crippen LogP contribution in [0.25, 0.3) is 0 Å². The molecule has 4 heteroatoms. The number of allylic oxidation sites excluding steroid dienone is 1. The quantitative estimate of drug-likeness (QED) is 0.653. The summed E-state index contributed by atoms with van der Waals surface area (Å²) in [5.41, 5.74) is 4.12. The SMILES string of the molecule is C/C(C#Cc1ccccc1C)=C/CCNS(=O)(=O)c1ccc(C)cc1. The highest BCUT2D eigenvalue weighted by atomic mass is 32.2. The summed E-state index contributed by atoms with van der Waals surface area (Å²) in [5.74, 6) is 6.25. The van der Waals surface area contributed by atoms with Gasteiger partial charge in [-0.3, -0.25) is 0 Å². The molecule has 0 fully saturated rings. The highest BCUT2D eigenvalue weighted by molar-refractivity contribution is 7.89. The van der Waals surface area contributed by atoms with E-state index in [0.717, 1.165) is 22.3 Å². The normalized spacial score (nSPS) is 11.7. The van der Waals surface area contributed by atoms with Gasteiger partial charge in [0.05, 0.1) is 4.90 Å². The molecule has 0 saturated carbocycles. The number of sulfonamides is 1. The Kier molecular flexibility index (Phi) is 6.58. The van der Waals surface area contributed by atoms with Crippen LogP contribution in [0.15, 0.2) is 65.1 Å². The molecule has 0 radical (unpaired) electrons. The van der Waals surface area contributed by atoms with Crippen molar-refractivity contribution in [2.24, 2.45) is 0 Å². The third-order valence-electron chi connectivity index (χ3n) is 3.76. The lowest BCUT2D eigenvalue weighted by molar-refractivity contribution is 0.582. The average Bonchev–Trinajstić information content (AvgIpc) is 2.58. The molecule has 0 unspecified atom stereocenters. The van der Waals surface area contributed by atoms with Gasteiger partial charge in [-0.15, -0.1) is 0 Å². The molecule has 130 valence electrons. The summed E-state index contributed by atoms with van der Waals surface area (Å²) in [6.07, 6.45) is 2.54. The summed E-state index contributed by atoms with van der Waals surface area (Å²) >= 11 is 0.